The molecule has 5 nitrogen and oxygen atoms in total. The summed E-state index contributed by atoms with van der Waals surface area (Å²) in [6.45, 7) is 6.96. The van der Waals surface area contributed by atoms with Gasteiger partial charge in [0.25, 0.3) is 0 Å². The van der Waals surface area contributed by atoms with Crippen molar-refractivity contribution < 1.29 is 14.4 Å². The van der Waals surface area contributed by atoms with Crippen molar-refractivity contribution in [3.63, 3.8) is 0 Å². The van der Waals surface area contributed by atoms with E-state index in [9.17, 15) is 4.79 Å². The van der Waals surface area contributed by atoms with E-state index >= 15 is 0 Å². The van der Waals surface area contributed by atoms with Crippen LogP contribution in [-0.2, 0) is 9.57 Å². The summed E-state index contributed by atoms with van der Waals surface area (Å²) in [6.07, 6.45) is 5.07. The highest BCUT2D eigenvalue weighted by Gasteiger charge is 2.55. The average molecular weight is 266 g/mol. The first-order chi connectivity index (χ1) is 8.90. The lowest BCUT2D eigenvalue weighted by atomic mass is 9.84. The van der Waals surface area contributed by atoms with Gasteiger partial charge in [0, 0.05) is 18.9 Å². The third kappa shape index (κ3) is 2.42. The first-order valence-corrected chi connectivity index (χ1v) is 7.09. The molecule has 0 aromatic rings. The predicted octanol–water partition coefficient (Wildman–Crippen LogP) is 2.41. The fraction of sp³-hybridized carbons (Fsp3) is 0.857. The number of nitrogens with zero attached hydrogens (tertiary/aromatic N) is 2. The molecule has 1 saturated carbocycles. The SMILES string of the molecule is CC(C)(C)OC(=O)N1CCC2(C1)ON=CC2C1CC1. The lowest BCUT2D eigenvalue weighted by Crippen LogP contribution is -2.43. The first kappa shape index (κ1) is 12.8. The Morgan fingerprint density at radius 3 is 2.84 bits per heavy atom. The minimum absolute atomic E-state index is 0.241. The van der Waals surface area contributed by atoms with Crippen LogP contribution < -0.4 is 0 Å². The average Bonchev–Trinajstić information content (AvgIpc) is 2.92. The molecule has 0 aromatic heterocycles. The van der Waals surface area contributed by atoms with Gasteiger partial charge in [-0.25, -0.2) is 4.79 Å². The summed E-state index contributed by atoms with van der Waals surface area (Å²) in [7, 11) is 0. The Morgan fingerprint density at radius 1 is 1.47 bits per heavy atom. The molecule has 5 heteroatoms. The monoisotopic (exact) mass is 266 g/mol. The lowest BCUT2D eigenvalue weighted by molar-refractivity contribution is -0.0428. The van der Waals surface area contributed by atoms with Crippen LogP contribution in [0.15, 0.2) is 5.16 Å². The summed E-state index contributed by atoms with van der Waals surface area (Å²) in [5.74, 6) is 1.07. The van der Waals surface area contributed by atoms with Gasteiger partial charge in [-0.1, -0.05) is 5.16 Å². The van der Waals surface area contributed by atoms with Gasteiger partial charge in [0.1, 0.15) is 5.60 Å². The number of likely N-dealkylation sites (tertiary alicyclic amines) is 1. The molecule has 2 aliphatic heterocycles. The maximum Gasteiger partial charge on any atom is 0.410 e. The Labute approximate surface area is 113 Å². The Hall–Kier alpha value is -1.26. The largest absolute Gasteiger partial charge is 0.444 e. The van der Waals surface area contributed by atoms with E-state index in [1.807, 2.05) is 27.0 Å². The fourth-order valence-electron chi connectivity index (χ4n) is 3.04. The summed E-state index contributed by atoms with van der Waals surface area (Å²) in [6, 6.07) is 0. The quantitative estimate of drug-likeness (QED) is 0.732. The van der Waals surface area contributed by atoms with Crippen molar-refractivity contribution in [1.29, 1.82) is 0 Å². The van der Waals surface area contributed by atoms with Gasteiger partial charge in [0.05, 0.1) is 12.8 Å². The Bertz CT molecular complexity index is 411. The summed E-state index contributed by atoms with van der Waals surface area (Å²) in [4.78, 5) is 19.5. The molecule has 1 spiro atoms. The zero-order valence-corrected chi connectivity index (χ0v) is 11.9. The van der Waals surface area contributed by atoms with Crippen LogP contribution in [0.3, 0.4) is 0 Å². The van der Waals surface area contributed by atoms with Gasteiger partial charge in [-0.3, -0.25) is 0 Å². The molecule has 106 valence electrons. The van der Waals surface area contributed by atoms with Gasteiger partial charge in [-0.15, -0.1) is 0 Å². The summed E-state index contributed by atoms with van der Waals surface area (Å²) in [5, 5.41) is 4.03. The topological polar surface area (TPSA) is 51.1 Å². The van der Waals surface area contributed by atoms with Crippen LogP contribution in [0.5, 0.6) is 0 Å². The summed E-state index contributed by atoms with van der Waals surface area (Å²) in [5.41, 5.74) is -0.728. The van der Waals surface area contributed by atoms with Crippen molar-refractivity contribution in [3.8, 4) is 0 Å². The molecule has 0 radical (unpaired) electrons. The molecule has 1 amide bonds. The number of carbonyl (C=O) groups excluding carboxylic acids is 1. The summed E-state index contributed by atoms with van der Waals surface area (Å²) >= 11 is 0. The Morgan fingerprint density at radius 2 is 2.21 bits per heavy atom. The highest BCUT2D eigenvalue weighted by molar-refractivity contribution is 5.70. The van der Waals surface area contributed by atoms with E-state index in [4.69, 9.17) is 9.57 Å². The standard InChI is InChI=1S/C14H22N2O3/c1-13(2,3)18-12(17)16-7-6-14(9-16)11(8-15-19-14)10-4-5-10/h8,10-11H,4-7,9H2,1-3H3. The number of amides is 1. The molecule has 19 heavy (non-hydrogen) atoms. The molecule has 2 atom stereocenters. The number of oxime groups is 1. The molecule has 0 bridgehead atoms. The molecule has 3 aliphatic rings. The zero-order valence-electron chi connectivity index (χ0n) is 11.9. The van der Waals surface area contributed by atoms with Gasteiger partial charge in [-0.05, 0) is 39.5 Å². The molecule has 2 heterocycles. The fourth-order valence-corrected chi connectivity index (χ4v) is 3.04. The molecule has 0 N–H and O–H groups in total. The van der Waals surface area contributed by atoms with Crippen LogP contribution in [0.25, 0.3) is 0 Å². The number of carbonyl (C=O) groups is 1. The van der Waals surface area contributed by atoms with Crippen molar-refractivity contribution in [1.82, 2.24) is 4.90 Å². The molecular formula is C14H22N2O3. The Balaban J connectivity index is 1.65. The molecule has 0 aromatic carbocycles. The van der Waals surface area contributed by atoms with Gasteiger partial charge >= 0.3 is 6.09 Å². The van der Waals surface area contributed by atoms with E-state index in [-0.39, 0.29) is 11.7 Å². The zero-order chi connectivity index (χ0) is 13.7. The number of hydrogen-bond donors (Lipinski definition) is 0. The van der Waals surface area contributed by atoms with E-state index < -0.39 is 5.60 Å². The number of ether oxygens (including phenoxy) is 1. The normalized spacial score (nSPS) is 33.8. The smallest absolute Gasteiger partial charge is 0.410 e. The Kier molecular flexibility index (Phi) is 2.76. The molecule has 1 saturated heterocycles. The van der Waals surface area contributed by atoms with Crippen molar-refractivity contribution in [3.05, 3.63) is 0 Å². The van der Waals surface area contributed by atoms with E-state index in [2.05, 4.69) is 5.16 Å². The summed E-state index contributed by atoms with van der Waals surface area (Å²) < 4.78 is 5.43. The third-order valence-corrected chi connectivity index (χ3v) is 4.11. The maximum absolute atomic E-state index is 12.1. The van der Waals surface area contributed by atoms with Crippen LogP contribution in [0.1, 0.15) is 40.0 Å². The third-order valence-electron chi connectivity index (χ3n) is 4.11. The highest BCUT2D eigenvalue weighted by Crippen LogP contribution is 2.48. The van der Waals surface area contributed by atoms with Crippen molar-refractivity contribution in [2.24, 2.45) is 17.0 Å². The van der Waals surface area contributed by atoms with Crippen LogP contribution in [0.4, 0.5) is 4.79 Å². The van der Waals surface area contributed by atoms with Crippen molar-refractivity contribution in [2.75, 3.05) is 13.1 Å². The second-order valence-electron chi connectivity index (χ2n) is 6.93. The number of hydrogen-bond acceptors (Lipinski definition) is 4. The van der Waals surface area contributed by atoms with Gasteiger partial charge < -0.3 is 14.5 Å². The van der Waals surface area contributed by atoms with Crippen molar-refractivity contribution >= 4 is 12.3 Å². The van der Waals surface area contributed by atoms with Gasteiger partial charge in [0.2, 0.25) is 0 Å². The molecule has 3 rings (SSSR count). The van der Waals surface area contributed by atoms with Crippen LogP contribution >= 0.6 is 0 Å². The molecule has 2 unspecified atom stereocenters. The minimum atomic E-state index is -0.449. The predicted molar refractivity (Wildman–Crippen MR) is 70.9 cm³/mol. The molecular weight excluding hydrogens is 244 g/mol. The van der Waals surface area contributed by atoms with Crippen LogP contribution in [0.2, 0.25) is 0 Å². The maximum atomic E-state index is 12.1. The first-order valence-electron chi connectivity index (χ1n) is 7.09. The van der Waals surface area contributed by atoms with Gasteiger partial charge in [-0.2, -0.15) is 0 Å². The second kappa shape index (κ2) is 4.12. The number of rotatable bonds is 1. The van der Waals surface area contributed by atoms with E-state index in [1.54, 1.807) is 4.90 Å². The van der Waals surface area contributed by atoms with Crippen LogP contribution in [-0.4, -0.2) is 41.5 Å². The minimum Gasteiger partial charge on any atom is -0.444 e. The second-order valence-corrected chi connectivity index (χ2v) is 6.93. The molecule has 2 fully saturated rings. The highest BCUT2D eigenvalue weighted by atomic mass is 16.7. The molecule has 1 aliphatic carbocycles. The van der Waals surface area contributed by atoms with E-state index in [0.717, 1.165) is 6.42 Å². The van der Waals surface area contributed by atoms with Gasteiger partial charge in [0.15, 0.2) is 5.60 Å². The van der Waals surface area contributed by atoms with Crippen LogP contribution in [0, 0.1) is 11.8 Å². The van der Waals surface area contributed by atoms with E-state index in [1.165, 1.54) is 12.8 Å². The van der Waals surface area contributed by atoms with E-state index in [0.29, 0.717) is 24.9 Å². The van der Waals surface area contributed by atoms with Crippen molar-refractivity contribution in [2.45, 2.75) is 51.2 Å². The lowest BCUT2D eigenvalue weighted by Gasteiger charge is -2.29.